The Labute approximate surface area is 175 Å². The van der Waals surface area contributed by atoms with Crippen molar-refractivity contribution in [3.63, 3.8) is 0 Å². The monoisotopic (exact) mass is 413 g/mol. The van der Waals surface area contributed by atoms with Crippen LogP contribution in [0, 0.1) is 0 Å². The quantitative estimate of drug-likeness (QED) is 0.682. The van der Waals surface area contributed by atoms with E-state index >= 15 is 0 Å². The smallest absolute Gasteiger partial charge is 0.325 e. The standard InChI is InChI=1S/C22H24ClN3O3/c1-15(17-10-6-7-11-18(17)23)24-19(27)14-26-20(28)22(2,25-21(26)29)13-12-16-8-4-3-5-9-16/h3-11,15H,12-14H2,1-2H3,(H,24,27)(H,25,29)/t15-,22-/m1/s1. The number of nitrogens with one attached hydrogen (secondary N) is 2. The Kier molecular flexibility index (Phi) is 6.23. The average molecular weight is 414 g/mol. The zero-order valence-corrected chi connectivity index (χ0v) is 17.2. The molecule has 2 aromatic carbocycles. The van der Waals surface area contributed by atoms with Gasteiger partial charge in [0.25, 0.3) is 5.91 Å². The number of amides is 4. The van der Waals surface area contributed by atoms with Crippen molar-refractivity contribution >= 4 is 29.4 Å². The lowest BCUT2D eigenvalue weighted by Gasteiger charge is -2.22. The summed E-state index contributed by atoms with van der Waals surface area (Å²) in [7, 11) is 0. The van der Waals surface area contributed by atoms with E-state index in [1.807, 2.05) is 48.5 Å². The molecular weight excluding hydrogens is 390 g/mol. The summed E-state index contributed by atoms with van der Waals surface area (Å²) in [6, 6.07) is 16.1. The summed E-state index contributed by atoms with van der Waals surface area (Å²) >= 11 is 6.16. The van der Waals surface area contributed by atoms with Crippen LogP contribution in [0.3, 0.4) is 0 Å². The Hall–Kier alpha value is -2.86. The van der Waals surface area contributed by atoms with Crippen LogP contribution < -0.4 is 10.6 Å². The molecule has 1 fully saturated rings. The van der Waals surface area contributed by atoms with Gasteiger partial charge in [-0.3, -0.25) is 14.5 Å². The number of benzene rings is 2. The summed E-state index contributed by atoms with van der Waals surface area (Å²) in [5.74, 6) is -0.813. The maximum absolute atomic E-state index is 12.8. The van der Waals surface area contributed by atoms with Gasteiger partial charge in [-0.15, -0.1) is 0 Å². The largest absolute Gasteiger partial charge is 0.348 e. The molecule has 1 saturated heterocycles. The Morgan fingerprint density at radius 3 is 2.48 bits per heavy atom. The molecule has 0 bridgehead atoms. The maximum Gasteiger partial charge on any atom is 0.325 e. The zero-order chi connectivity index (χ0) is 21.0. The third-order valence-corrected chi connectivity index (χ3v) is 5.50. The Bertz CT molecular complexity index is 919. The number of hydrogen-bond acceptors (Lipinski definition) is 3. The molecule has 152 valence electrons. The Morgan fingerprint density at radius 2 is 1.79 bits per heavy atom. The molecule has 3 rings (SSSR count). The van der Waals surface area contributed by atoms with Crippen LogP contribution >= 0.6 is 11.6 Å². The van der Waals surface area contributed by atoms with E-state index in [1.54, 1.807) is 19.9 Å². The van der Waals surface area contributed by atoms with Crippen LogP contribution in [-0.4, -0.2) is 34.8 Å². The number of aryl methyl sites for hydroxylation is 1. The van der Waals surface area contributed by atoms with Crippen molar-refractivity contribution in [1.29, 1.82) is 0 Å². The van der Waals surface area contributed by atoms with Crippen molar-refractivity contribution in [2.75, 3.05) is 6.54 Å². The second-order valence-electron chi connectivity index (χ2n) is 7.45. The third-order valence-electron chi connectivity index (χ3n) is 5.15. The van der Waals surface area contributed by atoms with Gasteiger partial charge in [0.2, 0.25) is 5.91 Å². The van der Waals surface area contributed by atoms with Gasteiger partial charge in [0.15, 0.2) is 0 Å². The number of carbonyl (C=O) groups is 3. The van der Waals surface area contributed by atoms with E-state index in [9.17, 15) is 14.4 Å². The molecule has 2 aromatic rings. The minimum Gasteiger partial charge on any atom is -0.348 e. The van der Waals surface area contributed by atoms with Crippen LogP contribution in [0.5, 0.6) is 0 Å². The van der Waals surface area contributed by atoms with Crippen molar-refractivity contribution in [2.45, 2.75) is 38.3 Å². The number of carbonyl (C=O) groups excluding carboxylic acids is 3. The number of imide groups is 1. The number of halogens is 1. The summed E-state index contributed by atoms with van der Waals surface area (Å²) in [6.45, 7) is 3.16. The van der Waals surface area contributed by atoms with Crippen LogP contribution in [0.1, 0.15) is 37.4 Å². The SMILES string of the molecule is C[C@@H](NC(=O)CN1C(=O)N[C@](C)(CCc2ccccc2)C1=O)c1ccccc1Cl. The zero-order valence-electron chi connectivity index (χ0n) is 16.4. The van der Waals surface area contributed by atoms with E-state index in [0.29, 0.717) is 17.9 Å². The number of nitrogens with zero attached hydrogens (tertiary/aromatic N) is 1. The molecule has 2 N–H and O–H groups in total. The predicted octanol–water partition coefficient (Wildman–Crippen LogP) is 3.46. The topological polar surface area (TPSA) is 78.5 Å². The molecule has 1 aliphatic heterocycles. The van der Waals surface area contributed by atoms with Crippen LogP contribution in [0.2, 0.25) is 5.02 Å². The number of rotatable bonds is 7. The Balaban J connectivity index is 1.60. The van der Waals surface area contributed by atoms with Crippen LogP contribution in [0.25, 0.3) is 0 Å². The molecule has 2 atom stereocenters. The van der Waals surface area contributed by atoms with Gasteiger partial charge in [0.1, 0.15) is 12.1 Å². The molecule has 0 unspecified atom stereocenters. The predicted molar refractivity (Wildman–Crippen MR) is 111 cm³/mol. The van der Waals surface area contributed by atoms with Crippen LogP contribution in [0.15, 0.2) is 54.6 Å². The van der Waals surface area contributed by atoms with E-state index in [0.717, 1.165) is 16.0 Å². The fraction of sp³-hybridized carbons (Fsp3) is 0.318. The lowest BCUT2D eigenvalue weighted by atomic mass is 9.93. The summed E-state index contributed by atoms with van der Waals surface area (Å²) in [5.41, 5.74) is 0.828. The van der Waals surface area contributed by atoms with E-state index < -0.39 is 17.5 Å². The van der Waals surface area contributed by atoms with Crippen LogP contribution in [-0.2, 0) is 16.0 Å². The van der Waals surface area contributed by atoms with E-state index in [1.165, 1.54) is 0 Å². The van der Waals surface area contributed by atoms with Gasteiger partial charge in [-0.1, -0.05) is 60.1 Å². The van der Waals surface area contributed by atoms with Crippen molar-refractivity contribution in [3.8, 4) is 0 Å². The first-order valence-electron chi connectivity index (χ1n) is 9.52. The highest BCUT2D eigenvalue weighted by Crippen LogP contribution is 2.24. The molecular formula is C22H24ClN3O3. The number of hydrogen-bond donors (Lipinski definition) is 2. The molecule has 0 aliphatic carbocycles. The molecule has 1 heterocycles. The van der Waals surface area contributed by atoms with Crippen LogP contribution in [0.4, 0.5) is 4.79 Å². The average Bonchev–Trinajstić information content (AvgIpc) is 2.91. The molecule has 4 amide bonds. The van der Waals surface area contributed by atoms with Crippen molar-refractivity contribution < 1.29 is 14.4 Å². The van der Waals surface area contributed by atoms with Gasteiger partial charge in [0, 0.05) is 5.02 Å². The molecule has 0 saturated carbocycles. The molecule has 1 aliphatic rings. The lowest BCUT2D eigenvalue weighted by Crippen LogP contribution is -2.45. The summed E-state index contributed by atoms with van der Waals surface area (Å²) in [6.07, 6.45) is 1.10. The lowest BCUT2D eigenvalue weighted by molar-refractivity contribution is -0.134. The third kappa shape index (κ3) is 4.77. The van der Waals surface area contributed by atoms with Crippen molar-refractivity contribution in [1.82, 2.24) is 15.5 Å². The molecule has 0 aromatic heterocycles. The minimum atomic E-state index is -1.03. The number of urea groups is 1. The minimum absolute atomic E-state index is 0.333. The normalized spacial score (nSPS) is 19.8. The molecule has 7 heteroatoms. The summed E-state index contributed by atoms with van der Waals surface area (Å²) in [5, 5.41) is 6.07. The first-order valence-corrected chi connectivity index (χ1v) is 9.90. The van der Waals surface area contributed by atoms with Gasteiger partial charge < -0.3 is 10.6 Å². The Morgan fingerprint density at radius 1 is 1.14 bits per heavy atom. The fourth-order valence-electron chi connectivity index (χ4n) is 3.43. The molecule has 0 radical (unpaired) electrons. The van der Waals surface area contributed by atoms with Gasteiger partial charge >= 0.3 is 6.03 Å². The second-order valence-corrected chi connectivity index (χ2v) is 7.86. The van der Waals surface area contributed by atoms with E-state index in [2.05, 4.69) is 10.6 Å². The highest BCUT2D eigenvalue weighted by molar-refractivity contribution is 6.31. The molecule has 0 spiro atoms. The summed E-state index contributed by atoms with van der Waals surface area (Å²) in [4.78, 5) is 38.6. The van der Waals surface area contributed by atoms with E-state index in [-0.39, 0.29) is 18.5 Å². The first kappa shape index (κ1) is 20.9. The maximum atomic E-state index is 12.8. The molecule has 29 heavy (non-hydrogen) atoms. The van der Waals surface area contributed by atoms with Gasteiger partial charge in [0.05, 0.1) is 6.04 Å². The van der Waals surface area contributed by atoms with Gasteiger partial charge in [-0.05, 0) is 43.9 Å². The highest BCUT2D eigenvalue weighted by Gasteiger charge is 2.47. The van der Waals surface area contributed by atoms with Gasteiger partial charge in [-0.2, -0.15) is 0 Å². The first-order chi connectivity index (χ1) is 13.8. The fourth-order valence-corrected chi connectivity index (χ4v) is 3.73. The summed E-state index contributed by atoms with van der Waals surface area (Å²) < 4.78 is 0. The van der Waals surface area contributed by atoms with E-state index in [4.69, 9.17) is 11.6 Å². The van der Waals surface area contributed by atoms with Crippen molar-refractivity contribution in [2.24, 2.45) is 0 Å². The highest BCUT2D eigenvalue weighted by atomic mass is 35.5. The molecule has 6 nitrogen and oxygen atoms in total. The van der Waals surface area contributed by atoms with Crippen molar-refractivity contribution in [3.05, 3.63) is 70.7 Å². The van der Waals surface area contributed by atoms with Gasteiger partial charge in [-0.25, -0.2) is 4.79 Å². The second kappa shape index (κ2) is 8.66.